The molecule has 0 spiro atoms. The molecule has 0 fully saturated rings. The Morgan fingerprint density at radius 1 is 1.39 bits per heavy atom. The van der Waals surface area contributed by atoms with Crippen LogP contribution in [0.4, 0.5) is 8.78 Å². The molecule has 18 heavy (non-hydrogen) atoms. The summed E-state index contributed by atoms with van der Waals surface area (Å²) in [5.74, 6) is -3.36. The lowest BCUT2D eigenvalue weighted by Gasteiger charge is -2.25. The third-order valence-corrected chi connectivity index (χ3v) is 2.92. The number of methoxy groups -OCH3 is 1. The molecule has 100 valence electrons. The summed E-state index contributed by atoms with van der Waals surface area (Å²) >= 11 is 0. The van der Waals surface area contributed by atoms with E-state index in [1.807, 2.05) is 0 Å². The molecule has 0 aliphatic rings. The first-order chi connectivity index (χ1) is 8.36. The number of benzene rings is 1. The lowest BCUT2D eigenvalue weighted by molar-refractivity contribution is -0.144. The topological polar surface area (TPSA) is 66.8 Å². The van der Waals surface area contributed by atoms with Gasteiger partial charge in [0.05, 0.1) is 12.5 Å². The van der Waals surface area contributed by atoms with E-state index in [9.17, 15) is 13.6 Å². The fraction of sp³-hybridized carbons (Fsp3) is 0.417. The van der Waals surface area contributed by atoms with Gasteiger partial charge in [-0.3, -0.25) is 4.79 Å². The van der Waals surface area contributed by atoms with Gasteiger partial charge in [0, 0.05) is 18.2 Å². The normalized spacial score (nSPS) is 14.1. The van der Waals surface area contributed by atoms with Gasteiger partial charge in [-0.1, -0.05) is 0 Å². The number of aliphatic hydroxyl groups is 1. The van der Waals surface area contributed by atoms with Crippen LogP contribution in [0.1, 0.15) is 18.9 Å². The zero-order valence-corrected chi connectivity index (χ0v) is 10.0. The van der Waals surface area contributed by atoms with Crippen molar-refractivity contribution in [2.75, 3.05) is 13.7 Å². The van der Waals surface area contributed by atoms with E-state index in [0.29, 0.717) is 0 Å². The van der Waals surface area contributed by atoms with Crippen LogP contribution in [0.15, 0.2) is 12.1 Å². The van der Waals surface area contributed by atoms with Crippen LogP contribution < -0.4 is 4.74 Å². The van der Waals surface area contributed by atoms with Crippen molar-refractivity contribution >= 4 is 5.97 Å². The highest BCUT2D eigenvalue weighted by Gasteiger charge is 2.37. The van der Waals surface area contributed by atoms with Crippen molar-refractivity contribution in [2.45, 2.75) is 18.8 Å². The Kier molecular flexibility index (Phi) is 4.24. The predicted molar refractivity (Wildman–Crippen MR) is 59.6 cm³/mol. The average Bonchev–Trinajstić information content (AvgIpc) is 2.31. The molecule has 0 saturated carbocycles. The lowest BCUT2D eigenvalue weighted by atomic mass is 9.79. The number of halogens is 2. The number of carboxylic acids is 1. The number of aliphatic carboxylic acids is 1. The van der Waals surface area contributed by atoms with E-state index in [1.54, 1.807) is 0 Å². The molecule has 1 unspecified atom stereocenters. The van der Waals surface area contributed by atoms with Gasteiger partial charge in [0.2, 0.25) is 0 Å². The first-order valence-electron chi connectivity index (χ1n) is 5.24. The molecule has 1 aromatic rings. The maximum Gasteiger partial charge on any atom is 0.314 e. The summed E-state index contributed by atoms with van der Waals surface area (Å²) in [4.78, 5) is 11.2. The van der Waals surface area contributed by atoms with Crippen LogP contribution in [-0.2, 0) is 10.2 Å². The summed E-state index contributed by atoms with van der Waals surface area (Å²) in [6, 6.07) is 1.58. The van der Waals surface area contributed by atoms with Gasteiger partial charge < -0.3 is 14.9 Å². The summed E-state index contributed by atoms with van der Waals surface area (Å²) in [6.45, 7) is 0.784. The molecule has 1 aromatic carbocycles. The minimum absolute atomic E-state index is 0.217. The van der Waals surface area contributed by atoms with Crippen LogP contribution in [0.3, 0.4) is 0 Å². The fourth-order valence-corrected chi connectivity index (χ4v) is 1.69. The van der Waals surface area contributed by atoms with Crippen LogP contribution in [-0.4, -0.2) is 29.9 Å². The zero-order chi connectivity index (χ0) is 13.9. The molecule has 2 N–H and O–H groups in total. The van der Waals surface area contributed by atoms with Crippen LogP contribution in [0, 0.1) is 11.6 Å². The molecule has 0 bridgehead atoms. The fourth-order valence-electron chi connectivity index (χ4n) is 1.69. The summed E-state index contributed by atoms with van der Waals surface area (Å²) in [5.41, 5.74) is -2.01. The number of hydrogen-bond acceptors (Lipinski definition) is 3. The quantitative estimate of drug-likeness (QED) is 0.845. The molecular weight excluding hydrogens is 246 g/mol. The van der Waals surface area contributed by atoms with Crippen LogP contribution in [0.2, 0.25) is 0 Å². The third-order valence-electron chi connectivity index (χ3n) is 2.92. The van der Waals surface area contributed by atoms with E-state index < -0.39 is 29.6 Å². The molecule has 1 atom stereocenters. The number of hydrogen-bond donors (Lipinski definition) is 2. The van der Waals surface area contributed by atoms with Crippen molar-refractivity contribution in [3.05, 3.63) is 29.3 Å². The molecule has 0 radical (unpaired) electrons. The molecule has 6 heteroatoms. The Morgan fingerprint density at radius 2 is 2.00 bits per heavy atom. The molecule has 4 nitrogen and oxygen atoms in total. The highest BCUT2D eigenvalue weighted by molar-refractivity contribution is 5.81. The van der Waals surface area contributed by atoms with E-state index in [2.05, 4.69) is 4.74 Å². The van der Waals surface area contributed by atoms with Gasteiger partial charge in [-0.25, -0.2) is 8.78 Å². The summed E-state index contributed by atoms with van der Waals surface area (Å²) in [5, 5.41) is 18.0. The average molecular weight is 260 g/mol. The second kappa shape index (κ2) is 5.30. The first kappa shape index (κ1) is 14.4. The Morgan fingerprint density at radius 3 is 2.44 bits per heavy atom. The van der Waals surface area contributed by atoms with Crippen molar-refractivity contribution in [1.29, 1.82) is 0 Å². The number of carbonyl (C=O) groups is 1. The van der Waals surface area contributed by atoms with Gasteiger partial charge in [0.25, 0.3) is 0 Å². The summed E-state index contributed by atoms with van der Waals surface area (Å²) < 4.78 is 31.9. The molecule has 0 aliphatic heterocycles. The Balaban J connectivity index is 3.38. The zero-order valence-electron chi connectivity index (χ0n) is 10.0. The minimum atomic E-state index is -1.69. The molecule has 0 saturated heterocycles. The molecule has 1 rings (SSSR count). The predicted octanol–water partition coefficient (Wildman–Crippen LogP) is 1.70. The molecule has 0 aromatic heterocycles. The van der Waals surface area contributed by atoms with Gasteiger partial charge in [0.15, 0.2) is 11.6 Å². The van der Waals surface area contributed by atoms with E-state index in [4.69, 9.17) is 10.2 Å². The first-order valence-corrected chi connectivity index (χ1v) is 5.24. The van der Waals surface area contributed by atoms with Gasteiger partial charge in [-0.2, -0.15) is 0 Å². The van der Waals surface area contributed by atoms with Crippen molar-refractivity contribution < 1.29 is 28.5 Å². The molecule has 0 aliphatic carbocycles. The van der Waals surface area contributed by atoms with Crippen molar-refractivity contribution in [3.8, 4) is 5.75 Å². The van der Waals surface area contributed by atoms with Crippen molar-refractivity contribution in [2.24, 2.45) is 0 Å². The van der Waals surface area contributed by atoms with Gasteiger partial charge >= 0.3 is 5.97 Å². The van der Waals surface area contributed by atoms with Crippen molar-refractivity contribution in [3.63, 3.8) is 0 Å². The maximum atomic E-state index is 13.8. The largest absolute Gasteiger partial charge is 0.494 e. The Bertz CT molecular complexity index is 462. The number of ether oxygens (including phenoxy) is 1. The van der Waals surface area contributed by atoms with E-state index in [1.165, 1.54) is 14.0 Å². The molecule has 0 heterocycles. The Hall–Kier alpha value is -1.69. The molecular formula is C12H14F2O4. The lowest BCUT2D eigenvalue weighted by Crippen LogP contribution is -2.34. The highest BCUT2D eigenvalue weighted by atomic mass is 19.1. The van der Waals surface area contributed by atoms with E-state index in [-0.39, 0.29) is 17.7 Å². The smallest absolute Gasteiger partial charge is 0.314 e. The summed E-state index contributed by atoms with van der Waals surface area (Å²) in [7, 11) is 1.18. The number of carboxylic acid groups (broad SMARTS) is 1. The van der Waals surface area contributed by atoms with Crippen LogP contribution in [0.25, 0.3) is 0 Å². The van der Waals surface area contributed by atoms with Gasteiger partial charge in [0.1, 0.15) is 5.82 Å². The number of aliphatic hydroxyl groups excluding tert-OH is 1. The Labute approximate surface area is 103 Å². The number of rotatable bonds is 5. The second-order valence-corrected chi connectivity index (χ2v) is 4.08. The van der Waals surface area contributed by atoms with E-state index >= 15 is 0 Å². The van der Waals surface area contributed by atoms with E-state index in [0.717, 1.165) is 12.1 Å². The van der Waals surface area contributed by atoms with Gasteiger partial charge in [-0.15, -0.1) is 0 Å². The second-order valence-electron chi connectivity index (χ2n) is 4.08. The minimum Gasteiger partial charge on any atom is -0.494 e. The summed E-state index contributed by atoms with van der Waals surface area (Å²) in [6.07, 6.45) is -0.217. The van der Waals surface area contributed by atoms with Crippen molar-refractivity contribution in [1.82, 2.24) is 0 Å². The highest BCUT2D eigenvalue weighted by Crippen LogP contribution is 2.33. The van der Waals surface area contributed by atoms with Gasteiger partial charge in [-0.05, 0) is 19.4 Å². The SMILES string of the molecule is COc1cc(F)c(C(C)(CCO)C(=O)O)cc1F. The molecule has 0 amide bonds. The standard InChI is InChI=1S/C12H14F2O4/c1-12(3-4-15,11(16)17)7-5-9(14)10(18-2)6-8(7)13/h5-6,15H,3-4H2,1-2H3,(H,16,17). The third kappa shape index (κ3) is 2.43. The maximum absolute atomic E-state index is 13.8. The van der Waals surface area contributed by atoms with Crippen LogP contribution in [0.5, 0.6) is 5.75 Å². The van der Waals surface area contributed by atoms with Crippen LogP contribution >= 0.6 is 0 Å². The monoisotopic (exact) mass is 260 g/mol.